The molecule has 0 fully saturated rings. The predicted octanol–water partition coefficient (Wildman–Crippen LogP) is 3.41. The molecule has 0 bridgehead atoms. The molecule has 26 heavy (non-hydrogen) atoms. The summed E-state index contributed by atoms with van der Waals surface area (Å²) in [6.07, 6.45) is 7.56. The van der Waals surface area contributed by atoms with Crippen LogP contribution in [0.2, 0.25) is 0 Å². The standard InChI is InChI=1S/C20H20N6/c1-14-5-4-6-17(15(14)2)10-26-12-20(22-13-26)18-9-16(7-8-21-18)19-11-25(3)24-23-19/h4-9,11-13H,10H2,1-3H3. The molecule has 130 valence electrons. The van der Waals surface area contributed by atoms with E-state index in [-0.39, 0.29) is 0 Å². The van der Waals surface area contributed by atoms with E-state index in [1.807, 2.05) is 37.9 Å². The minimum atomic E-state index is 0.796. The Labute approximate surface area is 152 Å². The summed E-state index contributed by atoms with van der Waals surface area (Å²) in [6, 6.07) is 10.3. The summed E-state index contributed by atoms with van der Waals surface area (Å²) in [5, 5.41) is 8.15. The molecule has 4 rings (SSSR count). The summed E-state index contributed by atoms with van der Waals surface area (Å²) in [5.74, 6) is 0. The maximum absolute atomic E-state index is 4.53. The average molecular weight is 344 g/mol. The van der Waals surface area contributed by atoms with Gasteiger partial charge in [0.1, 0.15) is 11.4 Å². The van der Waals surface area contributed by atoms with Crippen LogP contribution in [-0.4, -0.2) is 29.5 Å². The molecule has 0 aliphatic rings. The molecule has 0 aliphatic carbocycles. The fraction of sp³-hybridized carbons (Fsp3) is 0.200. The first-order chi connectivity index (χ1) is 12.6. The Morgan fingerprint density at radius 1 is 0.962 bits per heavy atom. The van der Waals surface area contributed by atoms with Crippen LogP contribution in [0.15, 0.2) is 55.2 Å². The topological polar surface area (TPSA) is 61.4 Å². The van der Waals surface area contributed by atoms with Crippen LogP contribution in [0.3, 0.4) is 0 Å². The Bertz CT molecular complexity index is 1060. The molecule has 0 radical (unpaired) electrons. The minimum Gasteiger partial charge on any atom is -0.332 e. The number of hydrogen-bond donors (Lipinski definition) is 0. The van der Waals surface area contributed by atoms with Crippen LogP contribution in [0.4, 0.5) is 0 Å². The first kappa shape index (κ1) is 16.2. The summed E-state index contributed by atoms with van der Waals surface area (Å²) < 4.78 is 3.78. The highest BCUT2D eigenvalue weighted by Crippen LogP contribution is 2.22. The van der Waals surface area contributed by atoms with Gasteiger partial charge in [0.05, 0.1) is 18.2 Å². The molecule has 0 atom stereocenters. The number of nitrogens with zero attached hydrogens (tertiary/aromatic N) is 6. The van der Waals surface area contributed by atoms with Gasteiger partial charge in [-0.3, -0.25) is 9.67 Å². The zero-order valence-corrected chi connectivity index (χ0v) is 15.1. The van der Waals surface area contributed by atoms with Gasteiger partial charge in [0.15, 0.2) is 0 Å². The van der Waals surface area contributed by atoms with Crippen molar-refractivity contribution in [2.24, 2.45) is 7.05 Å². The van der Waals surface area contributed by atoms with Gasteiger partial charge in [-0.05, 0) is 42.7 Å². The van der Waals surface area contributed by atoms with Crippen molar-refractivity contribution in [3.8, 4) is 22.6 Å². The van der Waals surface area contributed by atoms with Gasteiger partial charge in [-0.2, -0.15) is 0 Å². The van der Waals surface area contributed by atoms with Crippen molar-refractivity contribution >= 4 is 0 Å². The number of aromatic nitrogens is 6. The molecule has 3 aromatic heterocycles. The van der Waals surface area contributed by atoms with E-state index in [0.29, 0.717) is 0 Å². The number of aryl methyl sites for hydroxylation is 2. The number of imidazole rings is 1. The molecule has 0 saturated carbocycles. The summed E-state index contributed by atoms with van der Waals surface area (Å²) >= 11 is 0. The second-order valence-corrected chi connectivity index (χ2v) is 6.50. The first-order valence-corrected chi connectivity index (χ1v) is 8.50. The smallest absolute Gasteiger partial charge is 0.113 e. The highest BCUT2D eigenvalue weighted by atomic mass is 15.4. The SMILES string of the molecule is Cc1cccc(Cn2cnc(-c3cc(-c4cn(C)nn4)ccn3)c2)c1C. The lowest BCUT2D eigenvalue weighted by atomic mass is 10.0. The Morgan fingerprint density at radius 3 is 2.65 bits per heavy atom. The zero-order valence-electron chi connectivity index (χ0n) is 15.1. The van der Waals surface area contributed by atoms with E-state index in [1.165, 1.54) is 16.7 Å². The fourth-order valence-corrected chi connectivity index (χ4v) is 2.97. The zero-order chi connectivity index (χ0) is 18.1. The van der Waals surface area contributed by atoms with Crippen molar-refractivity contribution in [1.82, 2.24) is 29.5 Å². The van der Waals surface area contributed by atoms with Gasteiger partial charge in [-0.15, -0.1) is 5.10 Å². The molecule has 1 aromatic carbocycles. The molecule has 6 nitrogen and oxygen atoms in total. The van der Waals surface area contributed by atoms with E-state index < -0.39 is 0 Å². The van der Waals surface area contributed by atoms with E-state index in [1.54, 1.807) is 10.9 Å². The second kappa shape index (κ2) is 6.55. The van der Waals surface area contributed by atoms with E-state index >= 15 is 0 Å². The highest BCUT2D eigenvalue weighted by molar-refractivity contribution is 5.65. The molecule has 0 saturated heterocycles. The van der Waals surface area contributed by atoms with Gasteiger partial charge in [-0.25, -0.2) is 4.98 Å². The molecule has 0 spiro atoms. The van der Waals surface area contributed by atoms with Crippen LogP contribution >= 0.6 is 0 Å². The second-order valence-electron chi connectivity index (χ2n) is 6.50. The Balaban J connectivity index is 1.61. The maximum atomic E-state index is 4.53. The molecule has 0 amide bonds. The number of pyridine rings is 1. The molecule has 0 unspecified atom stereocenters. The summed E-state index contributed by atoms with van der Waals surface area (Å²) in [7, 11) is 1.85. The van der Waals surface area contributed by atoms with Crippen LogP contribution in [0.5, 0.6) is 0 Å². The highest BCUT2D eigenvalue weighted by Gasteiger charge is 2.09. The Hall–Kier alpha value is -3.28. The summed E-state index contributed by atoms with van der Waals surface area (Å²) in [5.41, 5.74) is 7.41. The number of rotatable bonds is 4. The third-order valence-electron chi connectivity index (χ3n) is 4.62. The number of benzene rings is 1. The van der Waals surface area contributed by atoms with Gasteiger partial charge in [0.2, 0.25) is 0 Å². The van der Waals surface area contributed by atoms with Gasteiger partial charge in [0.25, 0.3) is 0 Å². The van der Waals surface area contributed by atoms with Crippen LogP contribution in [0.1, 0.15) is 16.7 Å². The molecule has 3 heterocycles. The Morgan fingerprint density at radius 2 is 1.85 bits per heavy atom. The van der Waals surface area contributed by atoms with Gasteiger partial charge >= 0.3 is 0 Å². The van der Waals surface area contributed by atoms with Gasteiger partial charge < -0.3 is 4.57 Å². The van der Waals surface area contributed by atoms with E-state index in [9.17, 15) is 0 Å². The molecular weight excluding hydrogens is 324 g/mol. The largest absolute Gasteiger partial charge is 0.332 e. The summed E-state index contributed by atoms with van der Waals surface area (Å²) in [4.78, 5) is 9.00. The van der Waals surface area contributed by atoms with Crippen molar-refractivity contribution < 1.29 is 0 Å². The first-order valence-electron chi connectivity index (χ1n) is 8.50. The molecule has 6 heteroatoms. The minimum absolute atomic E-state index is 0.796. The van der Waals surface area contributed by atoms with Gasteiger partial charge in [0, 0.05) is 31.5 Å². The van der Waals surface area contributed by atoms with Gasteiger partial charge in [-0.1, -0.05) is 23.4 Å². The van der Waals surface area contributed by atoms with Crippen molar-refractivity contribution in [2.45, 2.75) is 20.4 Å². The maximum Gasteiger partial charge on any atom is 0.113 e. The monoisotopic (exact) mass is 344 g/mol. The lowest BCUT2D eigenvalue weighted by Gasteiger charge is -2.08. The van der Waals surface area contributed by atoms with Crippen molar-refractivity contribution in [3.63, 3.8) is 0 Å². The molecule has 0 N–H and O–H groups in total. The van der Waals surface area contributed by atoms with Crippen LogP contribution in [0, 0.1) is 13.8 Å². The third kappa shape index (κ3) is 3.13. The average Bonchev–Trinajstić information content (AvgIpc) is 3.28. The molecular formula is C20H20N6. The van der Waals surface area contributed by atoms with E-state index in [2.05, 4.69) is 56.9 Å². The van der Waals surface area contributed by atoms with Crippen LogP contribution in [0.25, 0.3) is 22.6 Å². The van der Waals surface area contributed by atoms with E-state index in [0.717, 1.165) is 29.2 Å². The lowest BCUT2D eigenvalue weighted by Crippen LogP contribution is -1.99. The van der Waals surface area contributed by atoms with Crippen LogP contribution in [-0.2, 0) is 13.6 Å². The lowest BCUT2D eigenvalue weighted by molar-refractivity contribution is 0.715. The Kier molecular flexibility index (Phi) is 4.08. The fourth-order valence-electron chi connectivity index (χ4n) is 2.97. The quantitative estimate of drug-likeness (QED) is 0.569. The molecule has 4 aromatic rings. The van der Waals surface area contributed by atoms with E-state index in [4.69, 9.17) is 0 Å². The number of hydrogen-bond acceptors (Lipinski definition) is 4. The van der Waals surface area contributed by atoms with Crippen molar-refractivity contribution in [2.75, 3.05) is 0 Å². The van der Waals surface area contributed by atoms with Crippen molar-refractivity contribution in [1.29, 1.82) is 0 Å². The molecule has 0 aliphatic heterocycles. The van der Waals surface area contributed by atoms with Crippen molar-refractivity contribution in [3.05, 3.63) is 71.9 Å². The normalized spacial score (nSPS) is 11.0. The predicted molar refractivity (Wildman–Crippen MR) is 100 cm³/mol. The summed E-state index contributed by atoms with van der Waals surface area (Å²) in [6.45, 7) is 5.10. The third-order valence-corrected chi connectivity index (χ3v) is 4.62. The van der Waals surface area contributed by atoms with Crippen LogP contribution < -0.4 is 0 Å².